The number of nitrogens with zero attached hydrogens (tertiary/aromatic N) is 1. The largest absolute Gasteiger partial charge is 0.377 e. The van der Waals surface area contributed by atoms with E-state index in [1.54, 1.807) is 0 Å². The Labute approximate surface area is 128 Å². The highest BCUT2D eigenvalue weighted by Crippen LogP contribution is 2.59. The van der Waals surface area contributed by atoms with Crippen LogP contribution in [0.15, 0.2) is 0 Å². The minimum atomic E-state index is -0.735. The first-order valence-electron chi connectivity index (χ1n) is 8.30. The Morgan fingerprint density at radius 3 is 2.52 bits per heavy atom. The van der Waals surface area contributed by atoms with Crippen molar-refractivity contribution in [3.63, 3.8) is 0 Å². The van der Waals surface area contributed by atoms with Crippen LogP contribution in [0.3, 0.4) is 0 Å². The smallest absolute Gasteiger partial charge is 0.243 e. The van der Waals surface area contributed by atoms with Crippen molar-refractivity contribution in [2.24, 2.45) is 28.4 Å². The van der Waals surface area contributed by atoms with E-state index in [1.807, 2.05) is 4.90 Å². The topological polar surface area (TPSA) is 55.6 Å². The summed E-state index contributed by atoms with van der Waals surface area (Å²) in [5.41, 5.74) is 5.93. The minimum Gasteiger partial charge on any atom is -0.377 e. The van der Waals surface area contributed by atoms with Gasteiger partial charge < -0.3 is 15.4 Å². The lowest BCUT2D eigenvalue weighted by Crippen LogP contribution is -2.80. The molecule has 4 heteroatoms. The van der Waals surface area contributed by atoms with Crippen molar-refractivity contribution >= 4 is 5.91 Å². The number of fused-ring (bicyclic) bond motifs is 1. The van der Waals surface area contributed by atoms with Crippen LogP contribution < -0.4 is 5.73 Å². The Balaban J connectivity index is 1.77. The van der Waals surface area contributed by atoms with Crippen LogP contribution in [0, 0.1) is 22.7 Å². The third kappa shape index (κ3) is 1.91. The second kappa shape index (κ2) is 4.45. The Bertz CT molecular complexity index is 454. The monoisotopic (exact) mass is 294 g/mol. The van der Waals surface area contributed by atoms with Gasteiger partial charge in [0.05, 0.1) is 6.10 Å². The summed E-state index contributed by atoms with van der Waals surface area (Å²) in [5.74, 6) is 0.934. The molecule has 2 heterocycles. The number of nitrogens with two attached hydrogens (primary N) is 1. The van der Waals surface area contributed by atoms with E-state index in [0.717, 1.165) is 32.5 Å². The van der Waals surface area contributed by atoms with Gasteiger partial charge in [-0.05, 0) is 24.2 Å². The van der Waals surface area contributed by atoms with Crippen molar-refractivity contribution in [2.45, 2.75) is 59.1 Å². The molecule has 0 aromatic heterocycles. The van der Waals surface area contributed by atoms with Gasteiger partial charge in [0.25, 0.3) is 0 Å². The fourth-order valence-corrected chi connectivity index (χ4v) is 4.73. The molecule has 1 aliphatic carbocycles. The number of carbonyl (C=O) groups is 1. The Kier molecular flexibility index (Phi) is 3.24. The number of ether oxygens (including phenoxy) is 1. The molecule has 2 aliphatic heterocycles. The summed E-state index contributed by atoms with van der Waals surface area (Å²) in [4.78, 5) is 15.1. The molecule has 4 nitrogen and oxygen atoms in total. The first kappa shape index (κ1) is 15.3. The van der Waals surface area contributed by atoms with Gasteiger partial charge in [-0.15, -0.1) is 0 Å². The lowest BCUT2D eigenvalue weighted by molar-refractivity contribution is -0.183. The van der Waals surface area contributed by atoms with Crippen molar-refractivity contribution in [3.05, 3.63) is 0 Å². The van der Waals surface area contributed by atoms with Gasteiger partial charge in [0, 0.05) is 31.0 Å². The van der Waals surface area contributed by atoms with Gasteiger partial charge in [0.1, 0.15) is 5.54 Å². The van der Waals surface area contributed by atoms with Crippen molar-refractivity contribution in [2.75, 3.05) is 19.7 Å². The second-order valence-electron chi connectivity index (χ2n) is 8.88. The molecule has 120 valence electrons. The normalized spacial score (nSPS) is 41.8. The van der Waals surface area contributed by atoms with Crippen molar-refractivity contribution in [3.8, 4) is 0 Å². The molecule has 21 heavy (non-hydrogen) atoms. The molecule has 1 saturated carbocycles. The predicted octanol–water partition coefficient (Wildman–Crippen LogP) is 2.02. The van der Waals surface area contributed by atoms with Crippen molar-refractivity contribution < 1.29 is 9.53 Å². The second-order valence-corrected chi connectivity index (χ2v) is 8.88. The first-order chi connectivity index (χ1) is 9.60. The molecule has 4 unspecified atom stereocenters. The fraction of sp³-hybridized carbons (Fsp3) is 0.941. The van der Waals surface area contributed by atoms with Crippen LogP contribution in [0.2, 0.25) is 0 Å². The van der Waals surface area contributed by atoms with Gasteiger partial charge in [-0.25, -0.2) is 0 Å². The highest BCUT2D eigenvalue weighted by molar-refractivity contribution is 5.90. The lowest BCUT2D eigenvalue weighted by Gasteiger charge is -2.61. The number of likely N-dealkylation sites (tertiary alicyclic amines) is 1. The zero-order valence-corrected chi connectivity index (χ0v) is 14.1. The van der Waals surface area contributed by atoms with Crippen LogP contribution in [0.1, 0.15) is 47.5 Å². The molecule has 2 N–H and O–H groups in total. The molecule has 3 rings (SSSR count). The number of rotatable bonds is 1. The maximum Gasteiger partial charge on any atom is 0.243 e. The highest BCUT2D eigenvalue weighted by atomic mass is 16.5. The third-order valence-electron chi connectivity index (χ3n) is 6.51. The Hall–Kier alpha value is -0.610. The summed E-state index contributed by atoms with van der Waals surface area (Å²) in [7, 11) is 0. The van der Waals surface area contributed by atoms with Gasteiger partial charge in [0.2, 0.25) is 5.91 Å². The molecule has 0 aromatic rings. The third-order valence-corrected chi connectivity index (χ3v) is 6.51. The lowest BCUT2D eigenvalue weighted by atomic mass is 9.47. The molecule has 0 radical (unpaired) electrons. The number of hydrogen-bond donors (Lipinski definition) is 1. The maximum atomic E-state index is 13.1. The van der Waals surface area contributed by atoms with Crippen LogP contribution in [0.25, 0.3) is 0 Å². The number of carbonyl (C=O) groups excluding carboxylic acids is 1. The van der Waals surface area contributed by atoms with Gasteiger partial charge in [0.15, 0.2) is 0 Å². The summed E-state index contributed by atoms with van der Waals surface area (Å²) in [5, 5.41) is 0. The average Bonchev–Trinajstić information content (AvgIpc) is 3.04. The van der Waals surface area contributed by atoms with Crippen LogP contribution in [0.5, 0.6) is 0 Å². The van der Waals surface area contributed by atoms with Crippen LogP contribution in [-0.4, -0.2) is 42.1 Å². The van der Waals surface area contributed by atoms with E-state index < -0.39 is 5.54 Å². The van der Waals surface area contributed by atoms with Gasteiger partial charge in [-0.3, -0.25) is 4.79 Å². The molecule has 0 aromatic carbocycles. The van der Waals surface area contributed by atoms with E-state index >= 15 is 0 Å². The number of amides is 1. The zero-order valence-electron chi connectivity index (χ0n) is 14.1. The van der Waals surface area contributed by atoms with E-state index in [4.69, 9.17) is 10.5 Å². The van der Waals surface area contributed by atoms with Crippen molar-refractivity contribution in [1.82, 2.24) is 4.90 Å². The molecule has 4 atom stereocenters. The zero-order chi connectivity index (χ0) is 15.6. The maximum absolute atomic E-state index is 13.1. The molecule has 0 spiro atoms. The van der Waals surface area contributed by atoms with Gasteiger partial charge >= 0.3 is 0 Å². The molecular formula is C17H30N2O2. The first-order valence-corrected chi connectivity index (χ1v) is 8.30. The van der Waals surface area contributed by atoms with E-state index in [9.17, 15) is 4.79 Å². The molecule has 1 amide bonds. The average molecular weight is 294 g/mol. The summed E-state index contributed by atoms with van der Waals surface area (Å²) in [6, 6.07) is 0. The predicted molar refractivity (Wildman–Crippen MR) is 82.7 cm³/mol. The molecule has 0 bridgehead atoms. The van der Waals surface area contributed by atoms with E-state index in [0.29, 0.717) is 5.92 Å². The SMILES string of the molecule is CC(C)(C)C1CCN(C(=O)C2(N)C3CCOC3C2(C)C)C1. The minimum absolute atomic E-state index is 0.158. The quantitative estimate of drug-likeness (QED) is 0.805. The Morgan fingerprint density at radius 2 is 1.95 bits per heavy atom. The van der Waals surface area contributed by atoms with Gasteiger partial charge in [-0.1, -0.05) is 34.6 Å². The van der Waals surface area contributed by atoms with Crippen LogP contribution >= 0.6 is 0 Å². The number of hydrogen-bond acceptors (Lipinski definition) is 3. The summed E-state index contributed by atoms with van der Waals surface area (Å²) in [6.45, 7) is 13.4. The van der Waals surface area contributed by atoms with Crippen LogP contribution in [-0.2, 0) is 9.53 Å². The summed E-state index contributed by atoms with van der Waals surface area (Å²) >= 11 is 0. The molecular weight excluding hydrogens is 264 g/mol. The summed E-state index contributed by atoms with van der Waals surface area (Å²) in [6.07, 6.45) is 2.18. The highest BCUT2D eigenvalue weighted by Gasteiger charge is 2.72. The summed E-state index contributed by atoms with van der Waals surface area (Å²) < 4.78 is 5.80. The van der Waals surface area contributed by atoms with E-state index in [2.05, 4.69) is 34.6 Å². The Morgan fingerprint density at radius 1 is 1.29 bits per heavy atom. The fourth-order valence-electron chi connectivity index (χ4n) is 4.73. The molecule has 2 saturated heterocycles. The standard InChI is InChI=1S/C17H30N2O2/c1-15(2,3)11-6-8-19(10-11)14(20)17(18)12-7-9-21-13(12)16(17,4)5/h11-13H,6-10,18H2,1-5H3. The van der Waals surface area contributed by atoms with Gasteiger partial charge in [-0.2, -0.15) is 0 Å². The molecule has 3 fully saturated rings. The van der Waals surface area contributed by atoms with Crippen LogP contribution in [0.4, 0.5) is 0 Å². The van der Waals surface area contributed by atoms with Crippen molar-refractivity contribution in [1.29, 1.82) is 0 Å². The van der Waals surface area contributed by atoms with E-state index in [1.165, 1.54) is 0 Å². The van der Waals surface area contributed by atoms with E-state index in [-0.39, 0.29) is 28.8 Å². The molecule has 3 aliphatic rings.